The minimum absolute atomic E-state index is 0.0878. The Bertz CT molecular complexity index is 376. The Labute approximate surface area is 87.7 Å². The fraction of sp³-hybridized carbons (Fsp3) is 0.400. The minimum atomic E-state index is -0.662. The first-order chi connectivity index (χ1) is 7.15. The van der Waals surface area contributed by atoms with Crippen molar-refractivity contribution < 1.29 is 19.4 Å². The van der Waals surface area contributed by atoms with Crippen molar-refractivity contribution in [2.75, 3.05) is 14.2 Å². The highest BCUT2D eigenvalue weighted by atomic mass is 16.5. The molecule has 0 aliphatic heterocycles. The van der Waals surface area contributed by atoms with E-state index in [9.17, 15) is 9.90 Å². The molecular formula is C10H13NO4. The molecule has 5 nitrogen and oxygen atoms in total. The molecule has 1 rings (SSSR count). The van der Waals surface area contributed by atoms with Gasteiger partial charge in [-0.3, -0.25) is 0 Å². The van der Waals surface area contributed by atoms with E-state index in [0.29, 0.717) is 17.7 Å². The molecule has 0 radical (unpaired) electrons. The largest absolute Gasteiger partial charge is 0.505 e. The van der Waals surface area contributed by atoms with Crippen LogP contribution in [-0.4, -0.2) is 30.3 Å². The Morgan fingerprint density at radius 1 is 1.53 bits per heavy atom. The molecule has 0 aliphatic rings. The maximum Gasteiger partial charge on any atom is 0.360 e. The summed E-state index contributed by atoms with van der Waals surface area (Å²) in [6.45, 7) is 1.85. The van der Waals surface area contributed by atoms with Crippen LogP contribution in [0.2, 0.25) is 0 Å². The van der Waals surface area contributed by atoms with Gasteiger partial charge in [0, 0.05) is 5.56 Å². The standard InChI is InChI=1S/C10H13NO4/c1-4-6-7(14-2)5-11-8(9(6)12)10(13)15-3/h5,12H,4H2,1-3H3. The SMILES string of the molecule is CCc1c(OC)cnc(C(=O)OC)c1O. The summed E-state index contributed by atoms with van der Waals surface area (Å²) in [5.41, 5.74) is 0.461. The molecule has 0 spiro atoms. The van der Waals surface area contributed by atoms with Crippen LogP contribution in [0, 0.1) is 0 Å². The number of carbonyl (C=O) groups excluding carboxylic acids is 1. The number of hydrogen-bond acceptors (Lipinski definition) is 5. The van der Waals surface area contributed by atoms with E-state index in [4.69, 9.17) is 4.74 Å². The van der Waals surface area contributed by atoms with E-state index in [2.05, 4.69) is 9.72 Å². The summed E-state index contributed by atoms with van der Waals surface area (Å²) in [6, 6.07) is 0. The van der Waals surface area contributed by atoms with E-state index in [1.165, 1.54) is 20.4 Å². The second-order valence-corrected chi connectivity index (χ2v) is 2.85. The van der Waals surface area contributed by atoms with Crippen molar-refractivity contribution in [3.8, 4) is 11.5 Å². The first kappa shape index (κ1) is 11.3. The molecule has 0 amide bonds. The number of aromatic nitrogens is 1. The van der Waals surface area contributed by atoms with E-state index in [-0.39, 0.29) is 11.4 Å². The summed E-state index contributed by atoms with van der Waals surface area (Å²) in [5.74, 6) is -0.379. The number of pyridine rings is 1. The Kier molecular flexibility index (Phi) is 3.49. The van der Waals surface area contributed by atoms with Crippen LogP contribution in [-0.2, 0) is 11.2 Å². The van der Waals surface area contributed by atoms with Crippen LogP contribution in [0.25, 0.3) is 0 Å². The van der Waals surface area contributed by atoms with E-state index in [1.54, 1.807) is 0 Å². The Hall–Kier alpha value is -1.78. The highest BCUT2D eigenvalue weighted by Crippen LogP contribution is 2.29. The smallest absolute Gasteiger partial charge is 0.360 e. The lowest BCUT2D eigenvalue weighted by atomic mass is 10.1. The van der Waals surface area contributed by atoms with E-state index >= 15 is 0 Å². The van der Waals surface area contributed by atoms with Crippen molar-refractivity contribution in [1.82, 2.24) is 4.98 Å². The summed E-state index contributed by atoms with van der Waals surface area (Å²) in [6.07, 6.45) is 1.94. The molecule has 0 saturated carbocycles. The Morgan fingerprint density at radius 3 is 2.67 bits per heavy atom. The molecule has 0 unspecified atom stereocenters. The summed E-state index contributed by atoms with van der Waals surface area (Å²) < 4.78 is 9.50. The van der Waals surface area contributed by atoms with Gasteiger partial charge in [-0.05, 0) is 6.42 Å². The van der Waals surface area contributed by atoms with Gasteiger partial charge in [-0.15, -0.1) is 0 Å². The average Bonchev–Trinajstić information content (AvgIpc) is 2.27. The summed E-state index contributed by atoms with van der Waals surface area (Å²) in [5, 5.41) is 9.76. The van der Waals surface area contributed by atoms with Crippen molar-refractivity contribution in [3.63, 3.8) is 0 Å². The van der Waals surface area contributed by atoms with Gasteiger partial charge in [0.25, 0.3) is 0 Å². The molecular weight excluding hydrogens is 198 g/mol. The zero-order valence-electron chi connectivity index (χ0n) is 8.90. The van der Waals surface area contributed by atoms with Gasteiger partial charge >= 0.3 is 5.97 Å². The summed E-state index contributed by atoms with van der Waals surface area (Å²) in [4.78, 5) is 15.0. The molecule has 0 aromatic carbocycles. The van der Waals surface area contributed by atoms with Crippen molar-refractivity contribution in [2.24, 2.45) is 0 Å². The predicted molar refractivity (Wildman–Crippen MR) is 53.2 cm³/mol. The number of rotatable bonds is 3. The average molecular weight is 211 g/mol. The van der Waals surface area contributed by atoms with Crippen LogP contribution in [0.15, 0.2) is 6.20 Å². The molecule has 0 atom stereocenters. The minimum Gasteiger partial charge on any atom is -0.505 e. The van der Waals surface area contributed by atoms with Crippen molar-refractivity contribution >= 4 is 5.97 Å². The van der Waals surface area contributed by atoms with Gasteiger partial charge in [-0.1, -0.05) is 6.92 Å². The third-order valence-electron chi connectivity index (χ3n) is 2.07. The number of ether oxygens (including phenoxy) is 2. The second kappa shape index (κ2) is 4.63. The molecule has 1 aromatic rings. The van der Waals surface area contributed by atoms with E-state index in [1.807, 2.05) is 6.92 Å². The number of aromatic hydroxyl groups is 1. The first-order valence-corrected chi connectivity index (χ1v) is 4.48. The van der Waals surface area contributed by atoms with Gasteiger partial charge < -0.3 is 14.6 Å². The molecule has 1 heterocycles. The highest BCUT2D eigenvalue weighted by molar-refractivity contribution is 5.90. The lowest BCUT2D eigenvalue weighted by molar-refractivity contribution is 0.0590. The normalized spacial score (nSPS) is 9.80. The molecule has 1 aromatic heterocycles. The number of carbonyl (C=O) groups is 1. The van der Waals surface area contributed by atoms with Crippen LogP contribution in [0.3, 0.4) is 0 Å². The molecule has 82 valence electrons. The first-order valence-electron chi connectivity index (χ1n) is 4.48. The number of nitrogens with zero attached hydrogens (tertiary/aromatic N) is 1. The van der Waals surface area contributed by atoms with Crippen molar-refractivity contribution in [3.05, 3.63) is 17.5 Å². The monoisotopic (exact) mass is 211 g/mol. The Balaban J connectivity index is 3.29. The third kappa shape index (κ3) is 2.01. The Morgan fingerprint density at radius 2 is 2.20 bits per heavy atom. The lowest BCUT2D eigenvalue weighted by Crippen LogP contribution is -2.06. The molecule has 5 heteroatoms. The van der Waals surface area contributed by atoms with Crippen LogP contribution < -0.4 is 4.74 Å². The molecule has 0 aliphatic carbocycles. The van der Waals surface area contributed by atoms with Gasteiger partial charge in [0.05, 0.1) is 20.4 Å². The predicted octanol–water partition coefficient (Wildman–Crippen LogP) is 1.14. The molecule has 0 saturated heterocycles. The zero-order valence-corrected chi connectivity index (χ0v) is 8.90. The topological polar surface area (TPSA) is 68.7 Å². The van der Waals surface area contributed by atoms with Crippen LogP contribution in [0.4, 0.5) is 0 Å². The fourth-order valence-electron chi connectivity index (χ4n) is 1.29. The summed E-state index contributed by atoms with van der Waals surface area (Å²) >= 11 is 0. The molecule has 15 heavy (non-hydrogen) atoms. The summed E-state index contributed by atoms with van der Waals surface area (Å²) in [7, 11) is 2.72. The van der Waals surface area contributed by atoms with Crippen molar-refractivity contribution in [2.45, 2.75) is 13.3 Å². The van der Waals surface area contributed by atoms with E-state index < -0.39 is 5.97 Å². The molecule has 0 bridgehead atoms. The van der Waals surface area contributed by atoms with Gasteiger partial charge in [0.2, 0.25) is 0 Å². The second-order valence-electron chi connectivity index (χ2n) is 2.85. The van der Waals surface area contributed by atoms with Gasteiger partial charge in [0.15, 0.2) is 11.4 Å². The maximum absolute atomic E-state index is 11.2. The quantitative estimate of drug-likeness (QED) is 0.759. The van der Waals surface area contributed by atoms with Gasteiger partial charge in [-0.25, -0.2) is 9.78 Å². The lowest BCUT2D eigenvalue weighted by Gasteiger charge is -2.10. The molecule has 1 N–H and O–H groups in total. The molecule has 0 fully saturated rings. The van der Waals surface area contributed by atoms with Crippen LogP contribution in [0.1, 0.15) is 23.0 Å². The number of esters is 1. The van der Waals surface area contributed by atoms with Gasteiger partial charge in [0.1, 0.15) is 5.75 Å². The van der Waals surface area contributed by atoms with Gasteiger partial charge in [-0.2, -0.15) is 0 Å². The van der Waals surface area contributed by atoms with Crippen LogP contribution in [0.5, 0.6) is 11.5 Å². The number of hydrogen-bond donors (Lipinski definition) is 1. The maximum atomic E-state index is 11.2. The third-order valence-corrected chi connectivity index (χ3v) is 2.07. The zero-order chi connectivity index (χ0) is 11.4. The van der Waals surface area contributed by atoms with Crippen molar-refractivity contribution in [1.29, 1.82) is 0 Å². The highest BCUT2D eigenvalue weighted by Gasteiger charge is 2.19. The van der Waals surface area contributed by atoms with E-state index in [0.717, 1.165) is 0 Å². The fourth-order valence-corrected chi connectivity index (χ4v) is 1.29. The van der Waals surface area contributed by atoms with Crippen LogP contribution >= 0.6 is 0 Å². The number of methoxy groups -OCH3 is 2.